The third kappa shape index (κ3) is 63.5. The van der Waals surface area contributed by atoms with Crippen molar-refractivity contribution in [2.75, 3.05) is 47.5 Å². The lowest BCUT2D eigenvalue weighted by Gasteiger charge is -2.26. The molecule has 0 aliphatic rings. The Bertz CT molecular complexity index is 1710. The second-order valence-electron chi connectivity index (χ2n) is 23.4. The van der Waals surface area contributed by atoms with Crippen LogP contribution in [0, 0.1) is 0 Å². The van der Waals surface area contributed by atoms with Gasteiger partial charge in [0.2, 0.25) is 0 Å². The number of nitrogens with zero attached hydrogens (tertiary/aromatic N) is 1. The lowest BCUT2D eigenvalue weighted by atomic mass is 10.0. The molecule has 2 unspecified atom stereocenters. The van der Waals surface area contributed by atoms with Gasteiger partial charge in [-0.25, -0.2) is 0 Å². The first-order chi connectivity index (χ1) is 40.1. The predicted octanol–water partition coefficient (Wildman–Crippen LogP) is 19.3. The average molecular weight is 1140 g/mol. The molecule has 0 saturated carbocycles. The van der Waals surface area contributed by atoms with E-state index in [4.69, 9.17) is 18.9 Å². The van der Waals surface area contributed by atoms with E-state index >= 15 is 0 Å². The molecule has 0 rings (SSSR count). The maximum atomic E-state index is 12.9. The van der Waals surface area contributed by atoms with Crippen LogP contribution < -0.4 is 5.11 Å². The first-order valence-electron chi connectivity index (χ1n) is 33.5. The van der Waals surface area contributed by atoms with Crippen LogP contribution in [0.4, 0.5) is 0 Å². The average Bonchev–Trinajstić information content (AvgIpc) is 3.45. The summed E-state index contributed by atoms with van der Waals surface area (Å²) in [6.07, 6.45) is 84.6. The van der Waals surface area contributed by atoms with Crippen LogP contribution in [-0.4, -0.2) is 82.3 Å². The van der Waals surface area contributed by atoms with Gasteiger partial charge in [0.25, 0.3) is 0 Å². The zero-order valence-electron chi connectivity index (χ0n) is 53.6. The summed E-state index contributed by atoms with van der Waals surface area (Å²) in [5.41, 5.74) is 0. The van der Waals surface area contributed by atoms with Gasteiger partial charge in [0.1, 0.15) is 13.2 Å². The molecule has 0 spiro atoms. The highest BCUT2D eigenvalue weighted by atomic mass is 16.7. The van der Waals surface area contributed by atoms with E-state index in [1.54, 1.807) is 0 Å². The van der Waals surface area contributed by atoms with Crippen LogP contribution in [0.5, 0.6) is 0 Å². The fourth-order valence-electron chi connectivity index (χ4n) is 9.14. The van der Waals surface area contributed by atoms with Gasteiger partial charge in [0.15, 0.2) is 12.4 Å². The van der Waals surface area contributed by atoms with Crippen molar-refractivity contribution in [3.05, 3.63) is 109 Å². The molecule has 0 fully saturated rings. The number of unbranched alkanes of at least 4 members (excludes halogenated alkanes) is 28. The number of carbonyl (C=O) groups is 3. The number of carboxylic acid groups (broad SMARTS) is 1. The van der Waals surface area contributed by atoms with E-state index in [1.807, 2.05) is 21.1 Å². The Morgan fingerprint density at radius 3 is 1.04 bits per heavy atom. The molecule has 470 valence electrons. The standard InChI is InChI=1S/C73H125NO8/c1-6-8-10-12-14-16-18-20-22-24-25-26-27-28-29-30-31-32-33-34-35-36-37-38-39-40-41-42-43-44-45-46-47-48-50-52-54-56-58-60-62-64-71(76)82-69(68-81-73(72(77)78)79-66-65-74(3,4)5)67-80-70(75)63-61-59-57-55-53-51-49-23-21-19-17-15-13-11-9-7-2/h8,10,14,16-17,19-20,22-23,25-26,28-29,31-32,34-35,49,69,73H,6-7,9,11-13,15,18,21,24,27,30,33,36-48,50-68H2,1-5H3/b10-8-,16-14-,19-17-,22-20-,26-25-,29-28-,32-31-,35-34-,49-23-. The summed E-state index contributed by atoms with van der Waals surface area (Å²) < 4.78 is 22.7. The van der Waals surface area contributed by atoms with Crippen LogP contribution in [0.25, 0.3) is 0 Å². The number of hydrogen-bond acceptors (Lipinski definition) is 8. The van der Waals surface area contributed by atoms with Gasteiger partial charge in [-0.1, -0.05) is 271 Å². The van der Waals surface area contributed by atoms with Gasteiger partial charge in [0, 0.05) is 12.8 Å². The van der Waals surface area contributed by atoms with Crippen molar-refractivity contribution in [2.45, 2.75) is 289 Å². The van der Waals surface area contributed by atoms with Crippen molar-refractivity contribution in [1.29, 1.82) is 0 Å². The van der Waals surface area contributed by atoms with Gasteiger partial charge in [-0.2, -0.15) is 0 Å². The molecule has 0 aromatic carbocycles. The van der Waals surface area contributed by atoms with Crippen molar-refractivity contribution in [3.63, 3.8) is 0 Å². The van der Waals surface area contributed by atoms with Crippen molar-refractivity contribution < 1.29 is 42.9 Å². The number of carbonyl (C=O) groups excluding carboxylic acids is 3. The molecule has 0 aromatic heterocycles. The normalized spacial score (nSPS) is 13.4. The molecule has 0 aliphatic heterocycles. The smallest absolute Gasteiger partial charge is 0.306 e. The zero-order chi connectivity index (χ0) is 59.8. The summed E-state index contributed by atoms with van der Waals surface area (Å²) in [4.78, 5) is 37.3. The monoisotopic (exact) mass is 1140 g/mol. The van der Waals surface area contributed by atoms with Gasteiger partial charge in [-0.3, -0.25) is 9.59 Å². The number of esters is 2. The summed E-state index contributed by atoms with van der Waals surface area (Å²) in [6.45, 7) is 4.61. The molecule has 0 aromatic rings. The molecule has 0 bridgehead atoms. The number of aliphatic carboxylic acids is 1. The molecule has 0 amide bonds. The lowest BCUT2D eigenvalue weighted by Crippen LogP contribution is -2.44. The van der Waals surface area contributed by atoms with Gasteiger partial charge in [-0.05, 0) is 103 Å². The first kappa shape index (κ1) is 78.0. The number of rotatable bonds is 61. The van der Waals surface area contributed by atoms with E-state index in [1.165, 1.54) is 135 Å². The Labute approximate surface area is 505 Å². The highest BCUT2D eigenvalue weighted by molar-refractivity contribution is 5.70. The minimum Gasteiger partial charge on any atom is -0.545 e. The van der Waals surface area contributed by atoms with Crippen molar-refractivity contribution in [3.8, 4) is 0 Å². The highest BCUT2D eigenvalue weighted by Crippen LogP contribution is 2.17. The molecule has 9 heteroatoms. The second kappa shape index (κ2) is 63.0. The van der Waals surface area contributed by atoms with E-state index < -0.39 is 24.3 Å². The Balaban J connectivity index is 4.02. The molecule has 0 heterocycles. The van der Waals surface area contributed by atoms with Crippen LogP contribution in [-0.2, 0) is 33.3 Å². The van der Waals surface area contributed by atoms with Crippen molar-refractivity contribution in [2.24, 2.45) is 0 Å². The first-order valence-corrected chi connectivity index (χ1v) is 33.5. The summed E-state index contributed by atoms with van der Waals surface area (Å²) in [5.74, 6) is -2.30. The van der Waals surface area contributed by atoms with Gasteiger partial charge in [0.05, 0.1) is 40.3 Å². The third-order valence-corrected chi connectivity index (χ3v) is 14.3. The largest absolute Gasteiger partial charge is 0.545 e. The summed E-state index contributed by atoms with van der Waals surface area (Å²) in [7, 11) is 5.92. The number of allylic oxidation sites excluding steroid dienone is 18. The fourth-order valence-corrected chi connectivity index (χ4v) is 9.14. The summed E-state index contributed by atoms with van der Waals surface area (Å²) in [5, 5.41) is 11.8. The molecular formula is C73H125NO8. The molecule has 0 radical (unpaired) electrons. The minimum absolute atomic E-state index is 0.143. The molecule has 0 aliphatic carbocycles. The Morgan fingerprint density at radius 2 is 0.695 bits per heavy atom. The number of hydrogen-bond donors (Lipinski definition) is 0. The maximum Gasteiger partial charge on any atom is 0.306 e. The quantitative estimate of drug-likeness (QED) is 0.0195. The molecule has 82 heavy (non-hydrogen) atoms. The van der Waals surface area contributed by atoms with E-state index in [0.29, 0.717) is 17.4 Å². The van der Waals surface area contributed by atoms with E-state index in [9.17, 15) is 19.5 Å². The van der Waals surface area contributed by atoms with Crippen LogP contribution in [0.1, 0.15) is 277 Å². The van der Waals surface area contributed by atoms with E-state index in [0.717, 1.165) is 109 Å². The maximum absolute atomic E-state index is 12.9. The fraction of sp³-hybridized carbons (Fsp3) is 0.712. The highest BCUT2D eigenvalue weighted by Gasteiger charge is 2.22. The Kier molecular flexibility index (Phi) is 59.9. The van der Waals surface area contributed by atoms with Gasteiger partial charge in [-0.15, -0.1) is 0 Å². The second-order valence-corrected chi connectivity index (χ2v) is 23.4. The van der Waals surface area contributed by atoms with E-state index in [2.05, 4.69) is 123 Å². The lowest BCUT2D eigenvalue weighted by molar-refractivity contribution is -0.870. The number of quaternary nitrogens is 1. The minimum atomic E-state index is -1.63. The van der Waals surface area contributed by atoms with Gasteiger partial charge >= 0.3 is 11.9 Å². The molecule has 0 N–H and O–H groups in total. The number of likely N-dealkylation sites (N-methyl/N-ethyl adjacent to an activating group) is 1. The Morgan fingerprint density at radius 1 is 0.378 bits per heavy atom. The van der Waals surface area contributed by atoms with Crippen LogP contribution in [0.2, 0.25) is 0 Å². The molecular weight excluding hydrogens is 1020 g/mol. The topological polar surface area (TPSA) is 111 Å². The molecule has 9 nitrogen and oxygen atoms in total. The molecule has 0 saturated heterocycles. The van der Waals surface area contributed by atoms with Crippen LogP contribution in [0.3, 0.4) is 0 Å². The van der Waals surface area contributed by atoms with Crippen LogP contribution >= 0.6 is 0 Å². The number of carboxylic acids is 1. The summed E-state index contributed by atoms with van der Waals surface area (Å²) in [6, 6.07) is 0. The van der Waals surface area contributed by atoms with Crippen molar-refractivity contribution in [1.82, 2.24) is 0 Å². The summed E-state index contributed by atoms with van der Waals surface area (Å²) >= 11 is 0. The Hall–Kier alpha value is -4.05. The van der Waals surface area contributed by atoms with Crippen molar-refractivity contribution >= 4 is 17.9 Å². The van der Waals surface area contributed by atoms with Gasteiger partial charge < -0.3 is 33.3 Å². The SMILES string of the molecule is CC/C=C\C/C=C\C/C=C\C/C=C\C/C=C\C/C=C\C/C=C\CCCCCCCCCCCCCCCCCCCCCC(=O)OC(COC(=O)CCCCCCC/C=C\C/C=C\CCCCCC)COC(OCC[N+](C)(C)C)C(=O)[O-]. The van der Waals surface area contributed by atoms with Crippen LogP contribution in [0.15, 0.2) is 109 Å². The predicted molar refractivity (Wildman–Crippen MR) is 347 cm³/mol. The molecule has 2 atom stereocenters. The number of ether oxygens (including phenoxy) is 4. The third-order valence-electron chi connectivity index (χ3n) is 14.3. The zero-order valence-corrected chi connectivity index (χ0v) is 53.6. The van der Waals surface area contributed by atoms with E-state index in [-0.39, 0.29) is 38.6 Å².